The summed E-state index contributed by atoms with van der Waals surface area (Å²) in [6, 6.07) is 12.7. The summed E-state index contributed by atoms with van der Waals surface area (Å²) in [5.41, 5.74) is 4.26. The second kappa shape index (κ2) is 6.77. The lowest BCUT2D eigenvalue weighted by Crippen LogP contribution is -1.88. The summed E-state index contributed by atoms with van der Waals surface area (Å²) >= 11 is 6.33. The summed E-state index contributed by atoms with van der Waals surface area (Å²) in [4.78, 5) is 7.94. The number of hydrogen-bond acceptors (Lipinski definition) is 2. The van der Waals surface area contributed by atoms with Gasteiger partial charge in [-0.3, -0.25) is 0 Å². The average Bonchev–Trinajstić information content (AvgIpc) is 3.00. The van der Waals surface area contributed by atoms with Crippen LogP contribution in [0.2, 0.25) is 5.02 Å². The van der Waals surface area contributed by atoms with E-state index in [1.807, 2.05) is 43.3 Å². The summed E-state index contributed by atoms with van der Waals surface area (Å²) in [7, 11) is 0. The number of H-pyrrole nitrogens is 1. The lowest BCUT2D eigenvalue weighted by atomic mass is 9.99. The van der Waals surface area contributed by atoms with Crippen LogP contribution in [0, 0.1) is 0 Å². The molecule has 0 saturated heterocycles. The molecule has 0 amide bonds. The van der Waals surface area contributed by atoms with Crippen LogP contribution in [0.1, 0.15) is 18.3 Å². The summed E-state index contributed by atoms with van der Waals surface area (Å²) in [5, 5.41) is 10.4. The molecule has 0 aliphatic heterocycles. The van der Waals surface area contributed by atoms with E-state index in [1.165, 1.54) is 0 Å². The van der Waals surface area contributed by atoms with E-state index in [4.69, 9.17) is 11.6 Å². The second-order valence-corrected chi connectivity index (χ2v) is 5.71. The third-order valence-corrected chi connectivity index (χ3v) is 4.04. The lowest BCUT2D eigenvalue weighted by molar-refractivity contribution is 0.475. The van der Waals surface area contributed by atoms with Gasteiger partial charge in [-0.15, -0.1) is 0 Å². The number of allylic oxidation sites excluding steroid dienone is 1. The Morgan fingerprint density at radius 2 is 1.88 bits per heavy atom. The van der Waals surface area contributed by atoms with Gasteiger partial charge in [-0.1, -0.05) is 48.5 Å². The Morgan fingerprint density at radius 1 is 1.12 bits per heavy atom. The van der Waals surface area contributed by atoms with E-state index >= 15 is 0 Å². The van der Waals surface area contributed by atoms with Crippen LogP contribution in [0.4, 0.5) is 0 Å². The molecule has 3 nitrogen and oxygen atoms in total. The molecule has 24 heavy (non-hydrogen) atoms. The highest BCUT2D eigenvalue weighted by Gasteiger charge is 2.14. The molecule has 0 unspecified atom stereocenters. The first-order valence-electron chi connectivity index (χ1n) is 7.57. The van der Waals surface area contributed by atoms with Crippen LogP contribution in [0.5, 0.6) is 5.75 Å². The molecule has 2 aromatic carbocycles. The predicted molar refractivity (Wildman–Crippen MR) is 101 cm³/mol. The number of halogens is 1. The summed E-state index contributed by atoms with van der Waals surface area (Å²) < 4.78 is 0. The fraction of sp³-hybridized carbons (Fsp3) is 0.0500. The van der Waals surface area contributed by atoms with Crippen molar-refractivity contribution in [1.29, 1.82) is 0 Å². The largest absolute Gasteiger partial charge is 0.508 e. The quantitative estimate of drug-likeness (QED) is 0.634. The minimum absolute atomic E-state index is 0.171. The predicted octanol–water partition coefficient (Wildman–Crippen LogP) is 5.78. The van der Waals surface area contributed by atoms with Gasteiger partial charge in [0.05, 0.1) is 11.4 Å². The highest BCUT2D eigenvalue weighted by atomic mass is 35.5. The van der Waals surface area contributed by atoms with Crippen LogP contribution in [0.15, 0.2) is 55.1 Å². The third-order valence-electron chi connectivity index (χ3n) is 3.71. The van der Waals surface area contributed by atoms with Gasteiger partial charge in [-0.2, -0.15) is 0 Å². The molecule has 0 aliphatic rings. The Kier molecular flexibility index (Phi) is 4.54. The Hall–Kier alpha value is -2.78. The normalized spacial score (nSPS) is 11.1. The molecule has 3 aromatic rings. The molecule has 4 heteroatoms. The number of hydrogen-bond donors (Lipinski definition) is 2. The van der Waals surface area contributed by atoms with Crippen molar-refractivity contribution in [3.05, 3.63) is 71.5 Å². The van der Waals surface area contributed by atoms with Gasteiger partial charge in [-0.25, -0.2) is 4.98 Å². The molecule has 0 fully saturated rings. The smallest absolute Gasteiger partial charge is 0.139 e. The number of phenols is 1. The van der Waals surface area contributed by atoms with Crippen molar-refractivity contribution in [3.63, 3.8) is 0 Å². The molecule has 1 aromatic heterocycles. The van der Waals surface area contributed by atoms with Gasteiger partial charge in [0.15, 0.2) is 0 Å². The van der Waals surface area contributed by atoms with Crippen molar-refractivity contribution in [2.24, 2.45) is 0 Å². The van der Waals surface area contributed by atoms with Crippen molar-refractivity contribution in [1.82, 2.24) is 9.97 Å². The van der Waals surface area contributed by atoms with Crippen LogP contribution in [-0.2, 0) is 0 Å². The van der Waals surface area contributed by atoms with E-state index < -0.39 is 0 Å². The summed E-state index contributed by atoms with van der Waals surface area (Å²) in [5.74, 6) is 0.901. The molecule has 0 saturated carbocycles. The Balaban J connectivity index is 2.20. The topological polar surface area (TPSA) is 48.9 Å². The van der Waals surface area contributed by atoms with Gasteiger partial charge >= 0.3 is 0 Å². The second-order valence-electron chi connectivity index (χ2n) is 5.30. The number of aromatic hydroxyl groups is 1. The number of nitrogens with zero attached hydrogens (tertiary/aromatic N) is 1. The number of aromatic nitrogens is 2. The van der Waals surface area contributed by atoms with Crippen LogP contribution in [0.3, 0.4) is 0 Å². The SMILES string of the molecule is C=Cc1nc(-c2ccccc2-c2cc(O)ccc2Cl)[nH]c1/C=C\C. The zero-order valence-electron chi connectivity index (χ0n) is 13.3. The van der Waals surface area contributed by atoms with Crippen LogP contribution < -0.4 is 0 Å². The first-order chi connectivity index (χ1) is 11.6. The molecule has 120 valence electrons. The fourth-order valence-electron chi connectivity index (χ4n) is 2.62. The van der Waals surface area contributed by atoms with E-state index in [-0.39, 0.29) is 5.75 Å². The number of imidazole rings is 1. The van der Waals surface area contributed by atoms with E-state index in [0.717, 1.165) is 33.9 Å². The monoisotopic (exact) mass is 336 g/mol. The van der Waals surface area contributed by atoms with Crippen LogP contribution in [-0.4, -0.2) is 15.1 Å². The van der Waals surface area contributed by atoms with E-state index in [9.17, 15) is 5.11 Å². The molecule has 2 N–H and O–H groups in total. The third kappa shape index (κ3) is 2.99. The zero-order chi connectivity index (χ0) is 17.1. The first kappa shape index (κ1) is 16.1. The molecular formula is C20H17ClN2O. The number of benzene rings is 2. The molecule has 3 rings (SSSR count). The fourth-order valence-corrected chi connectivity index (χ4v) is 2.84. The molecule has 0 aliphatic carbocycles. The number of aromatic amines is 1. The van der Waals surface area contributed by atoms with Gasteiger partial charge in [0.25, 0.3) is 0 Å². The van der Waals surface area contributed by atoms with Gasteiger partial charge in [0.1, 0.15) is 11.6 Å². The molecule has 0 radical (unpaired) electrons. The Morgan fingerprint density at radius 3 is 2.58 bits per heavy atom. The van der Waals surface area contributed by atoms with E-state index in [1.54, 1.807) is 24.3 Å². The van der Waals surface area contributed by atoms with Crippen molar-refractivity contribution in [3.8, 4) is 28.3 Å². The lowest BCUT2D eigenvalue weighted by Gasteiger charge is -2.10. The Bertz CT molecular complexity index is 925. The van der Waals surface area contributed by atoms with Crippen LogP contribution in [0.25, 0.3) is 34.7 Å². The molecule has 0 bridgehead atoms. The molecule has 0 spiro atoms. The number of rotatable bonds is 4. The van der Waals surface area contributed by atoms with Gasteiger partial charge in [0, 0.05) is 16.1 Å². The summed E-state index contributed by atoms with van der Waals surface area (Å²) in [6.45, 7) is 5.77. The van der Waals surface area contributed by atoms with E-state index in [2.05, 4.69) is 16.5 Å². The number of phenolic OH excluding ortho intramolecular Hbond substituents is 1. The molecule has 1 heterocycles. The molecular weight excluding hydrogens is 320 g/mol. The number of nitrogens with one attached hydrogen (secondary N) is 1. The van der Waals surface area contributed by atoms with Gasteiger partial charge in [-0.05, 0) is 42.8 Å². The zero-order valence-corrected chi connectivity index (χ0v) is 14.0. The van der Waals surface area contributed by atoms with Crippen molar-refractivity contribution >= 4 is 23.8 Å². The average molecular weight is 337 g/mol. The van der Waals surface area contributed by atoms with Crippen molar-refractivity contribution in [2.75, 3.05) is 0 Å². The maximum absolute atomic E-state index is 9.81. The van der Waals surface area contributed by atoms with Crippen molar-refractivity contribution in [2.45, 2.75) is 6.92 Å². The van der Waals surface area contributed by atoms with Gasteiger partial charge in [0.2, 0.25) is 0 Å². The van der Waals surface area contributed by atoms with E-state index in [0.29, 0.717) is 5.02 Å². The summed E-state index contributed by atoms with van der Waals surface area (Å²) in [6.07, 6.45) is 5.62. The highest BCUT2D eigenvalue weighted by Crippen LogP contribution is 2.37. The maximum Gasteiger partial charge on any atom is 0.139 e. The molecule has 0 atom stereocenters. The minimum atomic E-state index is 0.171. The maximum atomic E-state index is 9.81. The van der Waals surface area contributed by atoms with Crippen LogP contribution >= 0.6 is 11.6 Å². The van der Waals surface area contributed by atoms with Crippen molar-refractivity contribution < 1.29 is 5.11 Å². The van der Waals surface area contributed by atoms with Gasteiger partial charge < -0.3 is 10.1 Å². The minimum Gasteiger partial charge on any atom is -0.508 e. The highest BCUT2D eigenvalue weighted by molar-refractivity contribution is 6.33. The Labute approximate surface area is 146 Å². The first-order valence-corrected chi connectivity index (χ1v) is 7.95. The standard InChI is InChI=1S/C20H17ClN2O/c1-3-7-19-18(4-2)22-20(23-19)15-9-6-5-8-14(15)16-12-13(24)10-11-17(16)21/h3-12,24H,2H2,1H3,(H,22,23)/b7-3-.